The summed E-state index contributed by atoms with van der Waals surface area (Å²) in [6.07, 6.45) is -1.82. The summed E-state index contributed by atoms with van der Waals surface area (Å²) >= 11 is 0. The highest BCUT2D eigenvalue weighted by Crippen LogP contribution is 2.28. The molecule has 1 amide bonds. The average Bonchev–Trinajstić information content (AvgIpc) is 2.45. The molecular formula is C16H16F3NO. The lowest BCUT2D eigenvalue weighted by molar-refractivity contribution is -0.137. The minimum atomic E-state index is -4.33. The van der Waals surface area contributed by atoms with Crippen molar-refractivity contribution in [3.8, 4) is 11.8 Å². The summed E-state index contributed by atoms with van der Waals surface area (Å²) < 4.78 is 37.1. The van der Waals surface area contributed by atoms with Crippen LogP contribution in [-0.2, 0) is 11.0 Å². The molecule has 0 heterocycles. The van der Waals surface area contributed by atoms with Gasteiger partial charge in [-0.25, -0.2) is 0 Å². The maximum absolute atomic E-state index is 12.4. The van der Waals surface area contributed by atoms with Gasteiger partial charge in [-0.15, -0.1) is 0 Å². The van der Waals surface area contributed by atoms with Crippen molar-refractivity contribution in [2.24, 2.45) is 0 Å². The van der Waals surface area contributed by atoms with E-state index in [1.165, 1.54) is 23.1 Å². The van der Waals surface area contributed by atoms with Crippen molar-refractivity contribution < 1.29 is 18.0 Å². The second kappa shape index (κ2) is 7.53. The summed E-state index contributed by atoms with van der Waals surface area (Å²) in [7, 11) is 1.67. The van der Waals surface area contributed by atoms with Gasteiger partial charge in [0.15, 0.2) is 0 Å². The first-order valence-electron chi connectivity index (χ1n) is 6.38. The van der Waals surface area contributed by atoms with Crippen LogP contribution >= 0.6 is 0 Å². The molecule has 21 heavy (non-hydrogen) atoms. The molecule has 0 aliphatic rings. The van der Waals surface area contributed by atoms with Crippen molar-refractivity contribution >= 4 is 5.91 Å². The van der Waals surface area contributed by atoms with Crippen LogP contribution < -0.4 is 0 Å². The Bertz CT molecular complexity index is 550. The standard InChI is InChI=1S/C16H16F3NO/c1-3-15(21)20(2)12-6-4-5-7-13-8-10-14(11-9-13)16(17,18)19/h3,8-11H,1,4,6,12H2,2H3. The number of hydrogen-bond donors (Lipinski definition) is 0. The zero-order chi connectivity index (χ0) is 15.9. The molecule has 0 fully saturated rings. The van der Waals surface area contributed by atoms with Gasteiger partial charge in [-0.3, -0.25) is 4.79 Å². The second-order valence-corrected chi connectivity index (χ2v) is 4.44. The highest BCUT2D eigenvalue weighted by molar-refractivity contribution is 5.86. The lowest BCUT2D eigenvalue weighted by Crippen LogP contribution is -2.25. The molecule has 0 spiro atoms. The maximum atomic E-state index is 12.4. The molecule has 0 atom stereocenters. The van der Waals surface area contributed by atoms with Crippen LogP contribution in [0.4, 0.5) is 13.2 Å². The van der Waals surface area contributed by atoms with E-state index in [1.807, 2.05) is 0 Å². The van der Waals surface area contributed by atoms with Crippen LogP contribution in [-0.4, -0.2) is 24.4 Å². The summed E-state index contributed by atoms with van der Waals surface area (Å²) in [6, 6.07) is 4.73. The number of hydrogen-bond acceptors (Lipinski definition) is 1. The fourth-order valence-corrected chi connectivity index (χ4v) is 1.58. The zero-order valence-electron chi connectivity index (χ0n) is 11.7. The monoisotopic (exact) mass is 295 g/mol. The number of halogens is 3. The predicted octanol–water partition coefficient (Wildman–Crippen LogP) is 3.48. The molecule has 1 rings (SSSR count). The predicted molar refractivity (Wildman–Crippen MR) is 75.4 cm³/mol. The lowest BCUT2D eigenvalue weighted by atomic mass is 10.1. The van der Waals surface area contributed by atoms with E-state index in [2.05, 4.69) is 18.4 Å². The number of unbranched alkanes of at least 4 members (excludes halogenated alkanes) is 1. The maximum Gasteiger partial charge on any atom is 0.416 e. The van der Waals surface area contributed by atoms with Gasteiger partial charge in [0.2, 0.25) is 5.91 Å². The smallest absolute Gasteiger partial charge is 0.342 e. The molecule has 0 aliphatic carbocycles. The van der Waals surface area contributed by atoms with Crippen molar-refractivity contribution in [1.29, 1.82) is 0 Å². The molecule has 2 nitrogen and oxygen atoms in total. The number of likely N-dealkylation sites (N-methyl/N-ethyl adjacent to an activating group) is 1. The molecule has 5 heteroatoms. The molecule has 0 saturated carbocycles. The van der Waals surface area contributed by atoms with Gasteiger partial charge < -0.3 is 4.90 Å². The van der Waals surface area contributed by atoms with Gasteiger partial charge in [-0.2, -0.15) is 13.2 Å². The van der Waals surface area contributed by atoms with E-state index < -0.39 is 11.7 Å². The van der Waals surface area contributed by atoms with Crippen molar-refractivity contribution in [2.45, 2.75) is 19.0 Å². The Morgan fingerprint density at radius 3 is 2.48 bits per heavy atom. The number of nitrogens with zero attached hydrogens (tertiary/aromatic N) is 1. The van der Waals surface area contributed by atoms with E-state index in [4.69, 9.17) is 0 Å². The largest absolute Gasteiger partial charge is 0.416 e. The first-order valence-corrected chi connectivity index (χ1v) is 6.38. The average molecular weight is 295 g/mol. The zero-order valence-corrected chi connectivity index (χ0v) is 11.7. The van der Waals surface area contributed by atoms with Gasteiger partial charge in [-0.1, -0.05) is 18.4 Å². The highest BCUT2D eigenvalue weighted by atomic mass is 19.4. The van der Waals surface area contributed by atoms with E-state index >= 15 is 0 Å². The van der Waals surface area contributed by atoms with Crippen molar-refractivity contribution in [2.75, 3.05) is 13.6 Å². The summed E-state index contributed by atoms with van der Waals surface area (Å²) in [4.78, 5) is 12.7. The van der Waals surface area contributed by atoms with E-state index in [1.54, 1.807) is 7.05 Å². The molecule has 0 radical (unpaired) electrons. The molecule has 0 N–H and O–H groups in total. The summed E-state index contributed by atoms with van der Waals surface area (Å²) in [5, 5.41) is 0. The van der Waals surface area contributed by atoms with Crippen molar-refractivity contribution in [3.05, 3.63) is 48.0 Å². The molecule has 0 aliphatic heterocycles. The van der Waals surface area contributed by atoms with Crippen LogP contribution in [0.1, 0.15) is 24.0 Å². The van der Waals surface area contributed by atoms with Gasteiger partial charge >= 0.3 is 6.18 Å². The van der Waals surface area contributed by atoms with E-state index in [9.17, 15) is 18.0 Å². The van der Waals surface area contributed by atoms with E-state index in [-0.39, 0.29) is 5.91 Å². The third-order valence-corrected chi connectivity index (χ3v) is 2.79. The van der Waals surface area contributed by atoms with Gasteiger partial charge in [-0.05, 0) is 36.8 Å². The number of rotatable bonds is 4. The number of amides is 1. The number of benzene rings is 1. The van der Waals surface area contributed by atoms with Gasteiger partial charge in [0.05, 0.1) is 5.56 Å². The van der Waals surface area contributed by atoms with E-state index in [0.717, 1.165) is 12.1 Å². The number of alkyl halides is 3. The van der Waals surface area contributed by atoms with Crippen molar-refractivity contribution in [3.63, 3.8) is 0 Å². The lowest BCUT2D eigenvalue weighted by Gasteiger charge is -2.13. The van der Waals surface area contributed by atoms with Gasteiger partial charge in [0.1, 0.15) is 0 Å². The first-order chi connectivity index (χ1) is 9.84. The fourth-order valence-electron chi connectivity index (χ4n) is 1.58. The number of carbonyl (C=O) groups is 1. The normalized spacial score (nSPS) is 10.5. The van der Waals surface area contributed by atoms with Crippen LogP contribution in [0.15, 0.2) is 36.9 Å². The fraction of sp³-hybridized carbons (Fsp3) is 0.312. The van der Waals surface area contributed by atoms with Gasteiger partial charge in [0, 0.05) is 25.6 Å². The second-order valence-electron chi connectivity index (χ2n) is 4.44. The highest BCUT2D eigenvalue weighted by Gasteiger charge is 2.29. The van der Waals surface area contributed by atoms with Crippen LogP contribution in [0.3, 0.4) is 0 Å². The summed E-state index contributed by atoms with van der Waals surface area (Å²) in [5.74, 6) is 5.53. The topological polar surface area (TPSA) is 20.3 Å². The van der Waals surface area contributed by atoms with Crippen molar-refractivity contribution in [1.82, 2.24) is 4.90 Å². The molecule has 0 aromatic heterocycles. The Hall–Kier alpha value is -2.22. The summed E-state index contributed by atoms with van der Waals surface area (Å²) in [6.45, 7) is 3.95. The molecule has 1 aromatic carbocycles. The minimum Gasteiger partial charge on any atom is -0.342 e. The molecule has 0 bridgehead atoms. The SMILES string of the molecule is C=CC(=O)N(C)CCCC#Cc1ccc(C(F)(F)F)cc1. The molecule has 112 valence electrons. The Morgan fingerprint density at radius 1 is 1.33 bits per heavy atom. The Balaban J connectivity index is 2.45. The third-order valence-electron chi connectivity index (χ3n) is 2.79. The third kappa shape index (κ3) is 5.74. The van der Waals surface area contributed by atoms with Gasteiger partial charge in [0.25, 0.3) is 0 Å². The Labute approximate surface area is 122 Å². The van der Waals surface area contributed by atoms with Crippen LogP contribution in [0.2, 0.25) is 0 Å². The molecule has 0 saturated heterocycles. The quantitative estimate of drug-likeness (QED) is 0.473. The number of carbonyl (C=O) groups excluding carboxylic acids is 1. The summed E-state index contributed by atoms with van der Waals surface area (Å²) in [5.41, 5.74) is -0.142. The first kappa shape index (κ1) is 16.8. The Morgan fingerprint density at radius 2 is 1.95 bits per heavy atom. The molecular weight excluding hydrogens is 279 g/mol. The molecule has 1 aromatic rings. The van der Waals surface area contributed by atoms with Crippen LogP contribution in [0.5, 0.6) is 0 Å². The Kier molecular flexibility index (Phi) is 6.04. The van der Waals surface area contributed by atoms with Crippen LogP contribution in [0.25, 0.3) is 0 Å². The van der Waals surface area contributed by atoms with Crippen LogP contribution in [0, 0.1) is 11.8 Å². The van der Waals surface area contributed by atoms with E-state index in [0.29, 0.717) is 24.9 Å². The molecule has 0 unspecified atom stereocenters. The minimum absolute atomic E-state index is 0.148.